The maximum atomic E-state index is 12.4. The van der Waals surface area contributed by atoms with E-state index in [4.69, 9.17) is 4.74 Å². The maximum absolute atomic E-state index is 12.4. The number of rotatable bonds is 4. The summed E-state index contributed by atoms with van der Waals surface area (Å²) >= 11 is 0. The number of hydrogen-bond donors (Lipinski definition) is 1. The van der Waals surface area contributed by atoms with Gasteiger partial charge in [-0.2, -0.15) is 0 Å². The fraction of sp³-hybridized carbons (Fsp3) is 0.933. The summed E-state index contributed by atoms with van der Waals surface area (Å²) in [6.45, 7) is 5.75. The average molecular weight is 268 g/mol. The van der Waals surface area contributed by atoms with Gasteiger partial charge in [-0.25, -0.2) is 0 Å². The number of likely N-dealkylation sites (tertiary alicyclic amines) is 1. The monoisotopic (exact) mass is 268 g/mol. The minimum absolute atomic E-state index is 0.0712. The van der Waals surface area contributed by atoms with E-state index in [2.05, 4.69) is 17.1 Å². The van der Waals surface area contributed by atoms with E-state index in [0.717, 1.165) is 58.3 Å². The van der Waals surface area contributed by atoms with Crippen LogP contribution in [-0.2, 0) is 9.53 Å². The van der Waals surface area contributed by atoms with Crippen molar-refractivity contribution in [2.45, 2.75) is 64.0 Å². The molecule has 110 valence electrons. The van der Waals surface area contributed by atoms with Crippen molar-refractivity contribution in [3.63, 3.8) is 0 Å². The van der Waals surface area contributed by atoms with E-state index < -0.39 is 0 Å². The van der Waals surface area contributed by atoms with Crippen LogP contribution in [-0.4, -0.2) is 49.2 Å². The molecule has 4 heteroatoms. The molecule has 0 aromatic rings. The lowest BCUT2D eigenvalue weighted by Gasteiger charge is -2.29. The van der Waals surface area contributed by atoms with Gasteiger partial charge < -0.3 is 15.0 Å². The van der Waals surface area contributed by atoms with Crippen molar-refractivity contribution in [3.8, 4) is 0 Å². The number of piperidine rings is 1. The van der Waals surface area contributed by atoms with Crippen molar-refractivity contribution in [2.75, 3.05) is 26.2 Å². The van der Waals surface area contributed by atoms with Gasteiger partial charge in [0.2, 0.25) is 5.91 Å². The third-order valence-electron chi connectivity index (χ3n) is 4.15. The van der Waals surface area contributed by atoms with Crippen LogP contribution in [0.2, 0.25) is 0 Å². The predicted molar refractivity (Wildman–Crippen MR) is 76.1 cm³/mol. The summed E-state index contributed by atoms with van der Waals surface area (Å²) in [5.41, 5.74) is 0. The molecule has 2 aliphatic rings. The Morgan fingerprint density at radius 1 is 1.21 bits per heavy atom. The minimum atomic E-state index is 0.0712. The zero-order valence-corrected chi connectivity index (χ0v) is 12.2. The van der Waals surface area contributed by atoms with Crippen LogP contribution >= 0.6 is 0 Å². The molecule has 4 nitrogen and oxygen atoms in total. The third-order valence-corrected chi connectivity index (χ3v) is 4.15. The van der Waals surface area contributed by atoms with E-state index in [-0.39, 0.29) is 6.04 Å². The molecule has 2 atom stereocenters. The van der Waals surface area contributed by atoms with Crippen LogP contribution < -0.4 is 5.32 Å². The number of amides is 1. The van der Waals surface area contributed by atoms with Gasteiger partial charge in [-0.1, -0.05) is 13.3 Å². The van der Waals surface area contributed by atoms with Crippen molar-refractivity contribution in [2.24, 2.45) is 0 Å². The summed E-state index contributed by atoms with van der Waals surface area (Å²) < 4.78 is 5.83. The molecule has 1 amide bonds. The first kappa shape index (κ1) is 14.8. The Hall–Kier alpha value is -0.610. The summed E-state index contributed by atoms with van der Waals surface area (Å²) in [4.78, 5) is 14.5. The van der Waals surface area contributed by atoms with Crippen LogP contribution in [0.3, 0.4) is 0 Å². The SMILES string of the molecule is CCCOC1CCCN(C(=O)[C@H]2CCCCN2)CC1. The summed E-state index contributed by atoms with van der Waals surface area (Å²) in [5, 5.41) is 3.36. The maximum Gasteiger partial charge on any atom is 0.239 e. The summed E-state index contributed by atoms with van der Waals surface area (Å²) in [5.74, 6) is 0.316. The Kier molecular flexibility index (Phi) is 6.11. The quantitative estimate of drug-likeness (QED) is 0.847. The average Bonchev–Trinajstić information content (AvgIpc) is 2.71. The molecule has 2 aliphatic heterocycles. The Bertz CT molecular complexity index is 277. The highest BCUT2D eigenvalue weighted by atomic mass is 16.5. The van der Waals surface area contributed by atoms with Crippen LogP contribution in [0.15, 0.2) is 0 Å². The molecule has 0 spiro atoms. The number of nitrogens with one attached hydrogen (secondary N) is 1. The van der Waals surface area contributed by atoms with Crippen molar-refractivity contribution in [3.05, 3.63) is 0 Å². The van der Waals surface area contributed by atoms with Gasteiger partial charge in [-0.3, -0.25) is 4.79 Å². The highest BCUT2D eigenvalue weighted by molar-refractivity contribution is 5.82. The molecule has 2 saturated heterocycles. The van der Waals surface area contributed by atoms with Gasteiger partial charge in [0.15, 0.2) is 0 Å². The number of carbonyl (C=O) groups is 1. The predicted octanol–water partition coefficient (Wildman–Crippen LogP) is 1.94. The van der Waals surface area contributed by atoms with Gasteiger partial charge in [-0.15, -0.1) is 0 Å². The van der Waals surface area contributed by atoms with E-state index in [9.17, 15) is 4.79 Å². The standard InChI is InChI=1S/C15H28N2O2/c1-2-12-19-13-6-5-10-17(11-8-13)15(18)14-7-3-4-9-16-14/h13-14,16H,2-12H2,1H3/t13?,14-/m1/s1. The van der Waals surface area contributed by atoms with Crippen molar-refractivity contribution in [1.82, 2.24) is 10.2 Å². The minimum Gasteiger partial charge on any atom is -0.378 e. The van der Waals surface area contributed by atoms with Gasteiger partial charge in [-0.05, 0) is 45.1 Å². The molecule has 0 aromatic heterocycles. The Balaban J connectivity index is 1.79. The lowest BCUT2D eigenvalue weighted by molar-refractivity contribution is -0.134. The molecule has 0 aliphatic carbocycles. The second kappa shape index (κ2) is 7.85. The zero-order valence-electron chi connectivity index (χ0n) is 12.2. The molecule has 0 saturated carbocycles. The molecule has 19 heavy (non-hydrogen) atoms. The highest BCUT2D eigenvalue weighted by Gasteiger charge is 2.27. The van der Waals surface area contributed by atoms with Crippen LogP contribution in [0.1, 0.15) is 51.9 Å². The van der Waals surface area contributed by atoms with Gasteiger partial charge in [0, 0.05) is 19.7 Å². The van der Waals surface area contributed by atoms with Gasteiger partial charge in [0.1, 0.15) is 0 Å². The number of hydrogen-bond acceptors (Lipinski definition) is 3. The number of nitrogens with zero attached hydrogens (tertiary/aromatic N) is 1. The molecule has 1 unspecified atom stereocenters. The molecular formula is C15H28N2O2. The van der Waals surface area contributed by atoms with Crippen LogP contribution in [0.4, 0.5) is 0 Å². The van der Waals surface area contributed by atoms with Crippen LogP contribution in [0, 0.1) is 0 Å². The smallest absolute Gasteiger partial charge is 0.239 e. The fourth-order valence-corrected chi connectivity index (χ4v) is 3.02. The van der Waals surface area contributed by atoms with E-state index in [1.807, 2.05) is 0 Å². The van der Waals surface area contributed by atoms with Crippen LogP contribution in [0.25, 0.3) is 0 Å². The number of carbonyl (C=O) groups excluding carboxylic acids is 1. The normalized spacial score (nSPS) is 29.0. The first-order valence-electron chi connectivity index (χ1n) is 7.95. The van der Waals surface area contributed by atoms with E-state index in [0.29, 0.717) is 12.0 Å². The Morgan fingerprint density at radius 3 is 2.84 bits per heavy atom. The topological polar surface area (TPSA) is 41.6 Å². The zero-order chi connectivity index (χ0) is 13.5. The first-order chi connectivity index (χ1) is 9.31. The van der Waals surface area contributed by atoms with Gasteiger partial charge >= 0.3 is 0 Å². The van der Waals surface area contributed by atoms with Crippen LogP contribution in [0.5, 0.6) is 0 Å². The Morgan fingerprint density at radius 2 is 2.11 bits per heavy atom. The molecule has 2 fully saturated rings. The molecular weight excluding hydrogens is 240 g/mol. The van der Waals surface area contributed by atoms with Crippen molar-refractivity contribution >= 4 is 5.91 Å². The third kappa shape index (κ3) is 4.46. The molecule has 1 N–H and O–H groups in total. The highest BCUT2D eigenvalue weighted by Crippen LogP contribution is 2.17. The first-order valence-corrected chi connectivity index (χ1v) is 7.95. The second-order valence-electron chi connectivity index (χ2n) is 5.75. The summed E-state index contributed by atoms with van der Waals surface area (Å²) in [6.07, 6.45) is 8.00. The largest absolute Gasteiger partial charge is 0.378 e. The van der Waals surface area contributed by atoms with E-state index in [1.54, 1.807) is 0 Å². The second-order valence-corrected chi connectivity index (χ2v) is 5.75. The molecule has 0 bridgehead atoms. The molecule has 0 radical (unpaired) electrons. The van der Waals surface area contributed by atoms with Crippen molar-refractivity contribution in [1.29, 1.82) is 0 Å². The lowest BCUT2D eigenvalue weighted by atomic mass is 10.0. The van der Waals surface area contributed by atoms with E-state index >= 15 is 0 Å². The molecule has 2 heterocycles. The molecule has 0 aromatic carbocycles. The van der Waals surface area contributed by atoms with Gasteiger partial charge in [0.25, 0.3) is 0 Å². The Labute approximate surface area is 116 Å². The molecule has 2 rings (SSSR count). The fourth-order valence-electron chi connectivity index (χ4n) is 3.02. The number of ether oxygens (including phenoxy) is 1. The van der Waals surface area contributed by atoms with Gasteiger partial charge in [0.05, 0.1) is 12.1 Å². The van der Waals surface area contributed by atoms with Crippen molar-refractivity contribution < 1.29 is 9.53 Å². The summed E-state index contributed by atoms with van der Waals surface area (Å²) in [6, 6.07) is 0.0712. The van der Waals surface area contributed by atoms with E-state index in [1.165, 1.54) is 12.8 Å². The lowest BCUT2D eigenvalue weighted by Crippen LogP contribution is -2.48. The summed E-state index contributed by atoms with van der Waals surface area (Å²) in [7, 11) is 0.